The van der Waals surface area contributed by atoms with Crippen molar-refractivity contribution in [1.82, 2.24) is 15.7 Å². The second-order valence-corrected chi connectivity index (χ2v) is 10.9. The van der Waals surface area contributed by atoms with Crippen LogP contribution >= 0.6 is 0 Å². The van der Waals surface area contributed by atoms with Crippen LogP contribution in [0.2, 0.25) is 0 Å². The smallest absolute Gasteiger partial charge is 0.407 e. The van der Waals surface area contributed by atoms with Gasteiger partial charge in [0, 0.05) is 36.2 Å². The number of aryl methyl sites for hydroxylation is 1. The molecule has 0 saturated carbocycles. The van der Waals surface area contributed by atoms with Gasteiger partial charge in [0.15, 0.2) is 0 Å². The number of carbonyl (C=O) groups excluding carboxylic acids is 3. The number of fused-ring (bicyclic) bond motifs is 2. The SMILES string of the molecule is CONC(=O)c1cc(C(=O)N2CCC3(CC2)COc2ccc(CNC(=O)OC(C)(C)C)cc23)cc(C)c1O. The van der Waals surface area contributed by atoms with Gasteiger partial charge in [0.1, 0.15) is 17.1 Å². The first-order valence-corrected chi connectivity index (χ1v) is 12.6. The van der Waals surface area contributed by atoms with Gasteiger partial charge in [-0.25, -0.2) is 10.3 Å². The molecule has 0 aromatic heterocycles. The summed E-state index contributed by atoms with van der Waals surface area (Å²) in [5, 5.41) is 13.1. The first kappa shape index (κ1) is 27.3. The number of amides is 3. The lowest BCUT2D eigenvalue weighted by Gasteiger charge is -2.38. The molecule has 38 heavy (non-hydrogen) atoms. The van der Waals surface area contributed by atoms with Crippen LogP contribution in [0.3, 0.4) is 0 Å². The molecule has 2 heterocycles. The summed E-state index contributed by atoms with van der Waals surface area (Å²) in [5.74, 6) is -0.194. The fourth-order valence-corrected chi connectivity index (χ4v) is 4.97. The first-order chi connectivity index (χ1) is 17.9. The number of phenolic OH excluding ortho intramolecular Hbond substituents is 1. The number of piperidine rings is 1. The fourth-order valence-electron chi connectivity index (χ4n) is 4.97. The molecule has 3 N–H and O–H groups in total. The van der Waals surface area contributed by atoms with Crippen LogP contribution in [-0.4, -0.2) is 60.3 Å². The Morgan fingerprint density at radius 2 is 1.84 bits per heavy atom. The average molecular weight is 526 g/mol. The molecular weight excluding hydrogens is 490 g/mol. The maximum Gasteiger partial charge on any atom is 0.407 e. The fraction of sp³-hybridized carbons (Fsp3) is 0.464. The van der Waals surface area contributed by atoms with Crippen LogP contribution in [0, 0.1) is 6.92 Å². The lowest BCUT2D eigenvalue weighted by atomic mass is 9.74. The molecule has 10 nitrogen and oxygen atoms in total. The summed E-state index contributed by atoms with van der Waals surface area (Å²) in [6.45, 7) is 9.00. The molecule has 0 atom stereocenters. The highest BCUT2D eigenvalue weighted by atomic mass is 16.6. The summed E-state index contributed by atoms with van der Waals surface area (Å²) in [4.78, 5) is 44.1. The number of phenols is 1. The van der Waals surface area contributed by atoms with Crippen LogP contribution in [0.15, 0.2) is 30.3 Å². The number of hydroxylamine groups is 1. The van der Waals surface area contributed by atoms with Crippen molar-refractivity contribution < 1.29 is 33.8 Å². The molecule has 10 heteroatoms. The second-order valence-electron chi connectivity index (χ2n) is 10.9. The van der Waals surface area contributed by atoms with Crippen LogP contribution in [0.25, 0.3) is 0 Å². The summed E-state index contributed by atoms with van der Waals surface area (Å²) in [6, 6.07) is 8.91. The van der Waals surface area contributed by atoms with Gasteiger partial charge in [0.25, 0.3) is 11.8 Å². The van der Waals surface area contributed by atoms with Gasteiger partial charge >= 0.3 is 6.09 Å². The number of carbonyl (C=O) groups is 3. The Hall–Kier alpha value is -3.79. The van der Waals surface area contributed by atoms with Crippen LogP contribution in [0.4, 0.5) is 4.79 Å². The third-order valence-electron chi connectivity index (χ3n) is 6.95. The number of alkyl carbamates (subject to hydrolysis) is 1. The van der Waals surface area contributed by atoms with E-state index in [4.69, 9.17) is 9.47 Å². The molecule has 1 spiro atoms. The van der Waals surface area contributed by atoms with Crippen molar-refractivity contribution in [3.8, 4) is 11.5 Å². The van der Waals surface area contributed by atoms with Crippen LogP contribution in [0.5, 0.6) is 11.5 Å². The Balaban J connectivity index is 1.45. The number of ether oxygens (including phenoxy) is 2. The Labute approximate surface area is 222 Å². The number of nitrogens with one attached hydrogen (secondary N) is 2. The van der Waals surface area contributed by atoms with Crippen molar-refractivity contribution in [3.05, 3.63) is 58.1 Å². The number of nitrogens with zero attached hydrogens (tertiary/aromatic N) is 1. The van der Waals surface area contributed by atoms with Gasteiger partial charge in [-0.1, -0.05) is 6.07 Å². The van der Waals surface area contributed by atoms with E-state index in [1.807, 2.05) is 32.9 Å². The van der Waals surface area contributed by atoms with Crippen LogP contribution in [0.1, 0.15) is 71.0 Å². The molecule has 0 bridgehead atoms. The quantitative estimate of drug-likeness (QED) is 0.510. The molecule has 1 fully saturated rings. The lowest BCUT2D eigenvalue weighted by Crippen LogP contribution is -2.46. The van der Waals surface area contributed by atoms with Gasteiger partial charge in [-0.05, 0) is 75.9 Å². The van der Waals surface area contributed by atoms with Crippen molar-refractivity contribution in [2.24, 2.45) is 0 Å². The molecule has 0 radical (unpaired) electrons. The molecule has 1 saturated heterocycles. The number of hydrogen-bond acceptors (Lipinski definition) is 7. The Bertz CT molecular complexity index is 1240. The largest absolute Gasteiger partial charge is 0.507 e. The van der Waals surface area contributed by atoms with Gasteiger partial charge in [-0.3, -0.25) is 14.4 Å². The van der Waals surface area contributed by atoms with Gasteiger partial charge in [-0.15, -0.1) is 0 Å². The number of benzene rings is 2. The predicted molar refractivity (Wildman–Crippen MR) is 139 cm³/mol. The maximum absolute atomic E-state index is 13.3. The van der Waals surface area contributed by atoms with E-state index in [2.05, 4.69) is 21.7 Å². The van der Waals surface area contributed by atoms with Gasteiger partial charge in [0.2, 0.25) is 0 Å². The third-order valence-corrected chi connectivity index (χ3v) is 6.95. The molecule has 4 rings (SSSR count). The lowest BCUT2D eigenvalue weighted by molar-refractivity contribution is 0.0519. The van der Waals surface area contributed by atoms with Crippen molar-refractivity contribution in [1.29, 1.82) is 0 Å². The highest BCUT2D eigenvalue weighted by Crippen LogP contribution is 2.46. The van der Waals surface area contributed by atoms with E-state index in [0.717, 1.165) is 16.9 Å². The third kappa shape index (κ3) is 5.70. The van der Waals surface area contributed by atoms with Gasteiger partial charge < -0.3 is 24.8 Å². The van der Waals surface area contributed by atoms with E-state index in [1.54, 1.807) is 17.9 Å². The second kappa shape index (κ2) is 10.5. The Kier molecular flexibility index (Phi) is 7.55. The molecule has 2 aliphatic rings. The summed E-state index contributed by atoms with van der Waals surface area (Å²) in [7, 11) is 1.30. The molecular formula is C28H35N3O7. The first-order valence-electron chi connectivity index (χ1n) is 12.6. The minimum atomic E-state index is -0.628. The summed E-state index contributed by atoms with van der Waals surface area (Å²) in [5.41, 5.74) is 4.16. The molecule has 0 aliphatic carbocycles. The number of rotatable bonds is 5. The van der Waals surface area contributed by atoms with Crippen molar-refractivity contribution in [2.75, 3.05) is 26.8 Å². The minimum absolute atomic E-state index is 0.0191. The van der Waals surface area contributed by atoms with Crippen molar-refractivity contribution in [3.63, 3.8) is 0 Å². The van der Waals surface area contributed by atoms with Crippen molar-refractivity contribution in [2.45, 2.75) is 58.1 Å². The zero-order valence-electron chi connectivity index (χ0n) is 22.5. The Morgan fingerprint density at radius 3 is 2.50 bits per heavy atom. The highest BCUT2D eigenvalue weighted by molar-refractivity contribution is 6.01. The summed E-state index contributed by atoms with van der Waals surface area (Å²) in [6.07, 6.45) is 0.953. The molecule has 2 aromatic carbocycles. The monoisotopic (exact) mass is 525 g/mol. The molecule has 2 aromatic rings. The highest BCUT2D eigenvalue weighted by Gasteiger charge is 2.44. The Morgan fingerprint density at radius 1 is 1.13 bits per heavy atom. The standard InChI is InChI=1S/C28H35N3O7/c1-17-12-19(14-20(23(17)32)24(33)30-36-5)25(34)31-10-8-28(9-11-31)16-37-22-7-6-18(13-21(22)28)15-29-26(35)38-27(2,3)4/h6-7,12-14,32H,8-11,15-16H2,1-5H3,(H,29,35)(H,30,33). The van der Waals surface area contributed by atoms with E-state index < -0.39 is 17.6 Å². The summed E-state index contributed by atoms with van der Waals surface area (Å²) >= 11 is 0. The maximum atomic E-state index is 13.3. The van der Waals surface area contributed by atoms with Crippen LogP contribution < -0.4 is 15.5 Å². The number of aromatic hydroxyl groups is 1. The zero-order chi connectivity index (χ0) is 27.7. The zero-order valence-corrected chi connectivity index (χ0v) is 22.5. The number of hydrogen-bond donors (Lipinski definition) is 3. The van der Waals surface area contributed by atoms with Crippen molar-refractivity contribution >= 4 is 17.9 Å². The normalized spacial score (nSPS) is 16.0. The van der Waals surface area contributed by atoms with Gasteiger partial charge in [0.05, 0.1) is 19.3 Å². The van der Waals surface area contributed by atoms with Gasteiger partial charge in [-0.2, -0.15) is 0 Å². The van der Waals surface area contributed by atoms with E-state index in [0.29, 0.717) is 50.2 Å². The predicted octanol–water partition coefficient (Wildman–Crippen LogP) is 3.58. The van der Waals surface area contributed by atoms with E-state index in [-0.39, 0.29) is 22.6 Å². The number of likely N-dealkylation sites (tertiary alicyclic amines) is 1. The molecule has 204 valence electrons. The van der Waals surface area contributed by atoms with Crippen LogP contribution in [-0.2, 0) is 21.5 Å². The topological polar surface area (TPSA) is 126 Å². The van der Waals surface area contributed by atoms with E-state index >= 15 is 0 Å². The molecule has 0 unspecified atom stereocenters. The summed E-state index contributed by atoms with van der Waals surface area (Å²) < 4.78 is 11.3. The molecule has 2 aliphatic heterocycles. The average Bonchev–Trinajstić information content (AvgIpc) is 3.20. The minimum Gasteiger partial charge on any atom is -0.507 e. The molecule has 3 amide bonds. The van der Waals surface area contributed by atoms with E-state index in [9.17, 15) is 19.5 Å². The van der Waals surface area contributed by atoms with E-state index in [1.165, 1.54) is 13.2 Å².